The summed E-state index contributed by atoms with van der Waals surface area (Å²) in [4.78, 5) is 36.9. The van der Waals surface area contributed by atoms with Gasteiger partial charge in [0.1, 0.15) is 18.2 Å². The van der Waals surface area contributed by atoms with Crippen LogP contribution in [0, 0.1) is 5.41 Å². The first-order valence-corrected chi connectivity index (χ1v) is 17.2. The van der Waals surface area contributed by atoms with Gasteiger partial charge in [0.25, 0.3) is 5.91 Å². The molecule has 1 aromatic heterocycles. The molecule has 8 heteroatoms. The fourth-order valence-corrected chi connectivity index (χ4v) is 6.69. The third-order valence-electron chi connectivity index (χ3n) is 9.05. The molecule has 4 aromatic carbocycles. The largest absolute Gasteiger partial charge is 0.444 e. The van der Waals surface area contributed by atoms with E-state index in [1.54, 1.807) is 4.90 Å². The van der Waals surface area contributed by atoms with Crippen LogP contribution in [-0.4, -0.2) is 56.3 Å². The highest BCUT2D eigenvalue weighted by Crippen LogP contribution is 2.41. The molecule has 0 aliphatic carbocycles. The van der Waals surface area contributed by atoms with Gasteiger partial charge >= 0.3 is 6.09 Å². The maximum atomic E-state index is 14.7. The maximum absolute atomic E-state index is 14.7. The second kappa shape index (κ2) is 14.7. The van der Waals surface area contributed by atoms with Crippen molar-refractivity contribution in [1.82, 2.24) is 19.4 Å². The van der Waals surface area contributed by atoms with E-state index in [2.05, 4.69) is 55.8 Å². The van der Waals surface area contributed by atoms with E-state index >= 15 is 0 Å². The van der Waals surface area contributed by atoms with Gasteiger partial charge in [-0.1, -0.05) is 130 Å². The van der Waals surface area contributed by atoms with Crippen molar-refractivity contribution in [2.75, 3.05) is 13.1 Å². The molecular formula is C42H46N4O4. The van der Waals surface area contributed by atoms with Crippen LogP contribution < -0.4 is 0 Å². The monoisotopic (exact) mass is 670 g/mol. The number of benzene rings is 4. The molecular weight excluding hydrogens is 624 g/mol. The topological polar surface area (TPSA) is 76.9 Å². The van der Waals surface area contributed by atoms with E-state index in [0.717, 1.165) is 28.2 Å². The van der Waals surface area contributed by atoms with Gasteiger partial charge in [-0.15, -0.1) is 0 Å². The number of aromatic nitrogens is 2. The molecule has 0 bridgehead atoms. The van der Waals surface area contributed by atoms with E-state index in [9.17, 15) is 9.59 Å². The Kier molecular flexibility index (Phi) is 10.2. The number of hydrogen-bond donors (Lipinski definition) is 0. The molecule has 258 valence electrons. The predicted molar refractivity (Wildman–Crippen MR) is 195 cm³/mol. The summed E-state index contributed by atoms with van der Waals surface area (Å²) in [6, 6.07) is 38.9. The SMILES string of the molecule is CC(C)(C)[C@H](c1nc(-c2ccccc2)cn1Cc1ccccc1)N(C[C@@H]1CN(C(=O)OCc2ccccc2)C(C)(C)O1)C(=O)c1ccccc1. The second-order valence-corrected chi connectivity index (χ2v) is 14.4. The molecule has 5 aromatic rings. The smallest absolute Gasteiger partial charge is 0.412 e. The minimum atomic E-state index is -0.941. The van der Waals surface area contributed by atoms with Crippen molar-refractivity contribution < 1.29 is 19.1 Å². The number of ether oxygens (including phenoxy) is 2. The number of carbonyl (C=O) groups is 2. The average molecular weight is 671 g/mol. The molecule has 0 unspecified atom stereocenters. The molecule has 6 rings (SSSR count). The first-order valence-electron chi connectivity index (χ1n) is 17.2. The standard InChI is InChI=1S/C42H46N4O4/c1-41(2,3)37(38-43-36(33-22-14-8-15-23-33)29-44(38)26-31-18-10-6-11-19-31)45(39(47)34-24-16-9-17-25-34)27-35-28-46(42(4,5)50-35)40(48)49-30-32-20-12-7-13-21-32/h6-25,29,35,37H,26-28,30H2,1-5H3/t35-,37+/m1/s1. The molecule has 0 saturated carbocycles. The van der Waals surface area contributed by atoms with Gasteiger partial charge in [-0.3, -0.25) is 9.69 Å². The van der Waals surface area contributed by atoms with Crippen LogP contribution >= 0.6 is 0 Å². The van der Waals surface area contributed by atoms with Crippen molar-refractivity contribution in [1.29, 1.82) is 0 Å². The van der Waals surface area contributed by atoms with Crippen LogP contribution in [0.2, 0.25) is 0 Å². The van der Waals surface area contributed by atoms with Crippen LogP contribution in [0.5, 0.6) is 0 Å². The van der Waals surface area contributed by atoms with Gasteiger partial charge in [0.05, 0.1) is 24.4 Å². The summed E-state index contributed by atoms with van der Waals surface area (Å²) in [6.07, 6.45) is 1.15. The van der Waals surface area contributed by atoms with E-state index in [0.29, 0.717) is 12.1 Å². The minimum absolute atomic E-state index is 0.132. The first kappa shape index (κ1) is 34.6. The molecule has 1 aliphatic heterocycles. The number of rotatable bonds is 10. The van der Waals surface area contributed by atoms with Crippen molar-refractivity contribution in [3.8, 4) is 11.3 Å². The van der Waals surface area contributed by atoms with Gasteiger partial charge in [-0.25, -0.2) is 9.78 Å². The Hall–Kier alpha value is -5.21. The molecule has 1 fully saturated rings. The van der Waals surface area contributed by atoms with Gasteiger partial charge in [0.15, 0.2) is 0 Å². The Labute approximate surface area is 295 Å². The lowest BCUT2D eigenvalue weighted by molar-refractivity contribution is -0.0786. The molecule has 50 heavy (non-hydrogen) atoms. The molecule has 8 nitrogen and oxygen atoms in total. The normalized spacial score (nSPS) is 16.2. The van der Waals surface area contributed by atoms with Crippen LogP contribution in [0.25, 0.3) is 11.3 Å². The van der Waals surface area contributed by atoms with Crippen molar-refractivity contribution in [3.05, 3.63) is 150 Å². The average Bonchev–Trinajstić information content (AvgIpc) is 3.66. The zero-order valence-corrected chi connectivity index (χ0v) is 29.5. The zero-order valence-electron chi connectivity index (χ0n) is 29.5. The summed E-state index contributed by atoms with van der Waals surface area (Å²) in [5.41, 5.74) is 3.06. The molecule has 0 N–H and O–H groups in total. The van der Waals surface area contributed by atoms with Crippen LogP contribution in [-0.2, 0) is 22.6 Å². The first-order chi connectivity index (χ1) is 24.0. The fourth-order valence-electron chi connectivity index (χ4n) is 6.69. The Morgan fingerprint density at radius 3 is 2.02 bits per heavy atom. The Morgan fingerprint density at radius 1 is 0.860 bits per heavy atom. The van der Waals surface area contributed by atoms with Crippen molar-refractivity contribution in [2.45, 2.75) is 65.6 Å². The van der Waals surface area contributed by atoms with Crippen molar-refractivity contribution in [2.24, 2.45) is 5.41 Å². The highest BCUT2D eigenvalue weighted by molar-refractivity contribution is 5.94. The van der Waals surface area contributed by atoms with E-state index in [4.69, 9.17) is 14.5 Å². The number of nitrogens with zero attached hydrogens (tertiary/aromatic N) is 4. The maximum Gasteiger partial charge on any atom is 0.412 e. The number of hydrogen-bond acceptors (Lipinski definition) is 5. The third kappa shape index (κ3) is 7.98. The van der Waals surface area contributed by atoms with E-state index in [1.807, 2.05) is 116 Å². The summed E-state index contributed by atoms with van der Waals surface area (Å²) in [7, 11) is 0. The fraction of sp³-hybridized carbons (Fsp3) is 0.310. The Morgan fingerprint density at radius 2 is 1.42 bits per heavy atom. The number of carbonyl (C=O) groups excluding carboxylic acids is 2. The van der Waals surface area contributed by atoms with Crippen LogP contribution in [0.3, 0.4) is 0 Å². The highest BCUT2D eigenvalue weighted by atomic mass is 16.6. The molecule has 0 radical (unpaired) electrons. The van der Waals surface area contributed by atoms with Gasteiger partial charge in [0.2, 0.25) is 0 Å². The summed E-state index contributed by atoms with van der Waals surface area (Å²) < 4.78 is 14.4. The lowest BCUT2D eigenvalue weighted by Gasteiger charge is -2.41. The Balaban J connectivity index is 1.37. The van der Waals surface area contributed by atoms with E-state index < -0.39 is 29.4 Å². The molecule has 2 heterocycles. The summed E-state index contributed by atoms with van der Waals surface area (Å²) in [5, 5.41) is 0. The van der Waals surface area contributed by atoms with Crippen molar-refractivity contribution in [3.63, 3.8) is 0 Å². The summed E-state index contributed by atoms with van der Waals surface area (Å²) in [5.74, 6) is 0.647. The lowest BCUT2D eigenvalue weighted by atomic mass is 9.84. The van der Waals surface area contributed by atoms with Gasteiger partial charge < -0.3 is 18.9 Å². The molecule has 1 saturated heterocycles. The predicted octanol–water partition coefficient (Wildman–Crippen LogP) is 8.60. The van der Waals surface area contributed by atoms with E-state index in [1.165, 1.54) is 0 Å². The molecule has 0 spiro atoms. The summed E-state index contributed by atoms with van der Waals surface area (Å²) in [6.45, 7) is 11.4. The molecule has 2 amide bonds. The number of imidazole rings is 1. The van der Waals surface area contributed by atoms with Crippen LogP contribution in [0.1, 0.15) is 68.0 Å². The lowest BCUT2D eigenvalue weighted by Crippen LogP contribution is -2.47. The summed E-state index contributed by atoms with van der Waals surface area (Å²) >= 11 is 0. The van der Waals surface area contributed by atoms with Gasteiger partial charge in [0, 0.05) is 30.4 Å². The Bertz CT molecular complexity index is 1870. The molecule has 2 atom stereocenters. The number of amides is 2. The van der Waals surface area contributed by atoms with Gasteiger partial charge in [-0.05, 0) is 42.5 Å². The van der Waals surface area contributed by atoms with Gasteiger partial charge in [-0.2, -0.15) is 0 Å². The van der Waals surface area contributed by atoms with E-state index in [-0.39, 0.29) is 25.6 Å². The van der Waals surface area contributed by atoms with Crippen LogP contribution in [0.15, 0.2) is 128 Å². The molecule has 1 aliphatic rings. The minimum Gasteiger partial charge on any atom is -0.444 e. The van der Waals surface area contributed by atoms with Crippen LogP contribution in [0.4, 0.5) is 4.79 Å². The van der Waals surface area contributed by atoms with Crippen molar-refractivity contribution >= 4 is 12.0 Å². The third-order valence-corrected chi connectivity index (χ3v) is 9.05. The highest BCUT2D eigenvalue weighted by Gasteiger charge is 2.46. The zero-order chi connectivity index (χ0) is 35.3. The second-order valence-electron chi connectivity index (χ2n) is 14.4. The quantitative estimate of drug-likeness (QED) is 0.149.